The van der Waals surface area contributed by atoms with Crippen molar-refractivity contribution < 1.29 is 4.79 Å². The smallest absolute Gasteiger partial charge is 0.231 e. The van der Waals surface area contributed by atoms with Gasteiger partial charge in [0.1, 0.15) is 0 Å². The number of benzene rings is 1. The summed E-state index contributed by atoms with van der Waals surface area (Å²) in [7, 11) is 0. The van der Waals surface area contributed by atoms with Crippen molar-refractivity contribution in [3.05, 3.63) is 29.3 Å². The zero-order chi connectivity index (χ0) is 12.6. The Morgan fingerprint density at radius 3 is 2.82 bits per heavy atom. The predicted molar refractivity (Wildman–Crippen MR) is 69.9 cm³/mol. The van der Waals surface area contributed by atoms with E-state index in [1.165, 1.54) is 0 Å². The van der Waals surface area contributed by atoms with Gasteiger partial charge in [0.05, 0.1) is 5.92 Å². The lowest BCUT2D eigenvalue weighted by molar-refractivity contribution is -0.116. The van der Waals surface area contributed by atoms with Gasteiger partial charge in [0.15, 0.2) is 0 Å². The number of nitrogens with one attached hydrogen (secondary N) is 1. The number of rotatable bonds is 3. The summed E-state index contributed by atoms with van der Waals surface area (Å²) in [6.07, 6.45) is 1.06. The molecule has 3 nitrogen and oxygen atoms in total. The van der Waals surface area contributed by atoms with Gasteiger partial charge in [0.25, 0.3) is 0 Å². The van der Waals surface area contributed by atoms with Crippen LogP contribution in [0.2, 0.25) is 0 Å². The van der Waals surface area contributed by atoms with Crippen LogP contribution in [0, 0.1) is 5.92 Å². The van der Waals surface area contributed by atoms with Crippen molar-refractivity contribution in [1.29, 1.82) is 0 Å². The molecule has 0 bridgehead atoms. The molecule has 1 aliphatic rings. The van der Waals surface area contributed by atoms with Crippen LogP contribution in [0.15, 0.2) is 18.2 Å². The second-order valence-electron chi connectivity index (χ2n) is 4.97. The van der Waals surface area contributed by atoms with E-state index in [1.807, 2.05) is 19.1 Å². The summed E-state index contributed by atoms with van der Waals surface area (Å²) in [5.74, 6) is 0.469. The van der Waals surface area contributed by atoms with Crippen LogP contribution in [-0.2, 0) is 4.79 Å². The second-order valence-corrected chi connectivity index (χ2v) is 4.97. The molecule has 0 aromatic heterocycles. The van der Waals surface area contributed by atoms with Gasteiger partial charge in [-0.05, 0) is 30.0 Å². The molecule has 3 unspecified atom stereocenters. The number of carbonyl (C=O) groups excluding carboxylic acids is 1. The normalized spacial score (nSPS) is 21.9. The molecule has 1 amide bonds. The highest BCUT2D eigenvalue weighted by Gasteiger charge is 2.27. The topological polar surface area (TPSA) is 55.1 Å². The Kier molecular flexibility index (Phi) is 3.20. The number of hydrogen-bond donors (Lipinski definition) is 2. The summed E-state index contributed by atoms with van der Waals surface area (Å²) in [6.45, 7) is 6.23. The van der Waals surface area contributed by atoms with Crippen molar-refractivity contribution in [1.82, 2.24) is 0 Å². The average molecular weight is 232 g/mol. The van der Waals surface area contributed by atoms with E-state index in [0.29, 0.717) is 5.92 Å². The molecule has 0 aliphatic carbocycles. The van der Waals surface area contributed by atoms with Gasteiger partial charge in [-0.1, -0.05) is 32.4 Å². The maximum Gasteiger partial charge on any atom is 0.231 e. The molecule has 3 atom stereocenters. The van der Waals surface area contributed by atoms with Crippen LogP contribution in [-0.4, -0.2) is 5.91 Å². The first-order valence-corrected chi connectivity index (χ1v) is 6.24. The highest BCUT2D eigenvalue weighted by atomic mass is 16.2. The Hall–Kier alpha value is -1.35. The molecule has 3 N–H and O–H groups in total. The lowest BCUT2D eigenvalue weighted by atomic mass is 9.90. The van der Waals surface area contributed by atoms with Crippen LogP contribution in [0.5, 0.6) is 0 Å². The monoisotopic (exact) mass is 232 g/mol. The third-order valence-electron chi connectivity index (χ3n) is 3.84. The molecule has 0 fully saturated rings. The van der Waals surface area contributed by atoms with E-state index in [1.54, 1.807) is 0 Å². The molecule has 0 radical (unpaired) electrons. The largest absolute Gasteiger partial charge is 0.325 e. The minimum Gasteiger partial charge on any atom is -0.325 e. The molecule has 0 spiro atoms. The van der Waals surface area contributed by atoms with Crippen LogP contribution in [0.4, 0.5) is 5.69 Å². The molecule has 2 rings (SSSR count). The molecule has 92 valence electrons. The standard InChI is InChI=1S/C14H20N2O/c1-4-8(2)13(15)10-5-6-12-11(7-10)9(3)14(17)16-12/h5-9,13H,4,15H2,1-3H3,(H,16,17). The van der Waals surface area contributed by atoms with Crippen LogP contribution in [0.25, 0.3) is 0 Å². The van der Waals surface area contributed by atoms with Crippen LogP contribution >= 0.6 is 0 Å². The Labute approximate surface area is 102 Å². The lowest BCUT2D eigenvalue weighted by Crippen LogP contribution is -2.18. The van der Waals surface area contributed by atoms with Crippen molar-refractivity contribution in [3.63, 3.8) is 0 Å². The van der Waals surface area contributed by atoms with Gasteiger partial charge in [-0.25, -0.2) is 0 Å². The molecule has 3 heteroatoms. The van der Waals surface area contributed by atoms with E-state index in [4.69, 9.17) is 5.73 Å². The van der Waals surface area contributed by atoms with Gasteiger partial charge in [-0.15, -0.1) is 0 Å². The quantitative estimate of drug-likeness (QED) is 0.842. The summed E-state index contributed by atoms with van der Waals surface area (Å²) in [6, 6.07) is 6.12. The van der Waals surface area contributed by atoms with E-state index in [2.05, 4.69) is 25.2 Å². The van der Waals surface area contributed by atoms with Crippen molar-refractivity contribution >= 4 is 11.6 Å². The molecular formula is C14H20N2O. The molecule has 1 aliphatic heterocycles. The van der Waals surface area contributed by atoms with Crippen molar-refractivity contribution in [2.75, 3.05) is 5.32 Å². The maximum absolute atomic E-state index is 11.6. The summed E-state index contributed by atoms with van der Waals surface area (Å²) in [5, 5.41) is 2.88. The molecule has 1 aromatic carbocycles. The summed E-state index contributed by atoms with van der Waals surface area (Å²) >= 11 is 0. The van der Waals surface area contributed by atoms with Crippen LogP contribution in [0.1, 0.15) is 50.3 Å². The Morgan fingerprint density at radius 1 is 1.47 bits per heavy atom. The Balaban J connectivity index is 2.32. The second kappa shape index (κ2) is 4.49. The molecular weight excluding hydrogens is 212 g/mol. The first-order chi connectivity index (χ1) is 8.04. The SMILES string of the molecule is CCC(C)C(N)c1ccc2c(c1)C(C)C(=O)N2. The van der Waals surface area contributed by atoms with E-state index >= 15 is 0 Å². The summed E-state index contributed by atoms with van der Waals surface area (Å²) in [4.78, 5) is 11.6. The number of nitrogens with two attached hydrogens (primary N) is 1. The Bertz CT molecular complexity index is 442. The Morgan fingerprint density at radius 2 is 2.18 bits per heavy atom. The number of fused-ring (bicyclic) bond motifs is 1. The van der Waals surface area contributed by atoms with E-state index < -0.39 is 0 Å². The van der Waals surface area contributed by atoms with Gasteiger partial charge in [0.2, 0.25) is 5.91 Å². The first kappa shape index (κ1) is 12.1. The third kappa shape index (κ3) is 2.07. The highest BCUT2D eigenvalue weighted by molar-refractivity contribution is 6.02. The molecule has 0 saturated carbocycles. The van der Waals surface area contributed by atoms with Gasteiger partial charge < -0.3 is 11.1 Å². The highest BCUT2D eigenvalue weighted by Crippen LogP contribution is 2.34. The van der Waals surface area contributed by atoms with Gasteiger partial charge in [-0.2, -0.15) is 0 Å². The van der Waals surface area contributed by atoms with E-state index in [9.17, 15) is 4.79 Å². The van der Waals surface area contributed by atoms with Crippen molar-refractivity contribution in [3.8, 4) is 0 Å². The van der Waals surface area contributed by atoms with Crippen molar-refractivity contribution in [2.24, 2.45) is 11.7 Å². The molecule has 0 saturated heterocycles. The summed E-state index contributed by atoms with van der Waals surface area (Å²) in [5.41, 5.74) is 9.35. The third-order valence-corrected chi connectivity index (χ3v) is 3.84. The fourth-order valence-corrected chi connectivity index (χ4v) is 2.23. The molecule has 1 aromatic rings. The minimum atomic E-state index is -0.0610. The van der Waals surface area contributed by atoms with E-state index in [-0.39, 0.29) is 17.9 Å². The zero-order valence-electron chi connectivity index (χ0n) is 10.7. The average Bonchev–Trinajstić information content (AvgIpc) is 2.63. The number of hydrogen-bond acceptors (Lipinski definition) is 2. The zero-order valence-corrected chi connectivity index (χ0v) is 10.7. The van der Waals surface area contributed by atoms with Crippen LogP contribution in [0.3, 0.4) is 0 Å². The fraction of sp³-hybridized carbons (Fsp3) is 0.500. The molecule has 1 heterocycles. The number of amides is 1. The van der Waals surface area contributed by atoms with Crippen molar-refractivity contribution in [2.45, 2.75) is 39.2 Å². The van der Waals surface area contributed by atoms with E-state index in [0.717, 1.165) is 23.2 Å². The van der Waals surface area contributed by atoms with Gasteiger partial charge in [-0.3, -0.25) is 4.79 Å². The number of carbonyl (C=O) groups is 1. The van der Waals surface area contributed by atoms with Crippen LogP contribution < -0.4 is 11.1 Å². The predicted octanol–water partition coefficient (Wildman–Crippen LogP) is 2.79. The minimum absolute atomic E-state index is 0.0493. The fourth-order valence-electron chi connectivity index (χ4n) is 2.23. The molecule has 17 heavy (non-hydrogen) atoms. The first-order valence-electron chi connectivity index (χ1n) is 6.24. The number of anilines is 1. The maximum atomic E-state index is 11.6. The van der Waals surface area contributed by atoms with Gasteiger partial charge in [0, 0.05) is 11.7 Å². The summed E-state index contributed by atoms with van der Waals surface area (Å²) < 4.78 is 0. The lowest BCUT2D eigenvalue weighted by Gasteiger charge is -2.19. The van der Waals surface area contributed by atoms with Gasteiger partial charge >= 0.3 is 0 Å².